The molecular weight excluding hydrogens is 358 g/mol. The number of likely N-dealkylation sites (tertiary alicyclic amines) is 1. The van der Waals surface area contributed by atoms with E-state index in [4.69, 9.17) is 15.2 Å². The molecule has 0 bridgehead atoms. The molecule has 0 aliphatic carbocycles. The summed E-state index contributed by atoms with van der Waals surface area (Å²) in [5, 5.41) is 2.72. The molecule has 2 rings (SSSR count). The average Bonchev–Trinajstić information content (AvgIpc) is 2.90. The van der Waals surface area contributed by atoms with Crippen molar-refractivity contribution in [3.05, 3.63) is 23.8 Å². The van der Waals surface area contributed by atoms with E-state index in [2.05, 4.69) is 5.32 Å². The number of methoxy groups -OCH3 is 2. The quantitative estimate of drug-likeness (QED) is 0.781. The molecule has 0 spiro atoms. The van der Waals surface area contributed by atoms with E-state index < -0.39 is 6.04 Å². The number of nitrogens with zero attached hydrogens (tertiary/aromatic N) is 1. The molecule has 1 saturated heterocycles. The zero-order valence-corrected chi connectivity index (χ0v) is 16.1. The molecule has 1 atom stereocenters. The summed E-state index contributed by atoms with van der Waals surface area (Å²) in [6.45, 7) is 1.65. The summed E-state index contributed by atoms with van der Waals surface area (Å²) in [5.41, 5.74) is 6.70. The number of ether oxygens (including phenoxy) is 2. The summed E-state index contributed by atoms with van der Waals surface area (Å²) >= 11 is 0. The first kappa shape index (κ1) is 22.2. The van der Waals surface area contributed by atoms with E-state index in [0.717, 1.165) is 38.8 Å². The van der Waals surface area contributed by atoms with Crippen LogP contribution in [0.2, 0.25) is 0 Å². The summed E-state index contributed by atoms with van der Waals surface area (Å²) < 4.78 is 10.2. The van der Waals surface area contributed by atoms with Crippen molar-refractivity contribution in [1.82, 2.24) is 4.90 Å². The predicted molar refractivity (Wildman–Crippen MR) is 103 cm³/mol. The molecule has 26 heavy (non-hydrogen) atoms. The molecule has 1 aromatic rings. The molecule has 1 aliphatic heterocycles. The summed E-state index contributed by atoms with van der Waals surface area (Å²) in [7, 11) is 2.99. The van der Waals surface area contributed by atoms with Crippen LogP contribution < -0.4 is 15.8 Å². The summed E-state index contributed by atoms with van der Waals surface area (Å²) in [6.07, 6.45) is 4.37. The number of nitrogens with one attached hydrogen (secondary N) is 1. The Morgan fingerprint density at radius 2 is 1.85 bits per heavy atom. The highest BCUT2D eigenvalue weighted by Gasteiger charge is 2.20. The molecule has 1 unspecified atom stereocenters. The Kier molecular flexibility index (Phi) is 9.40. The molecule has 1 aromatic carbocycles. The maximum absolute atomic E-state index is 12.8. The minimum absolute atomic E-state index is 0. The van der Waals surface area contributed by atoms with Gasteiger partial charge in [-0.15, -0.1) is 12.4 Å². The van der Waals surface area contributed by atoms with Crippen LogP contribution in [0.3, 0.4) is 0 Å². The monoisotopic (exact) mass is 385 g/mol. The molecule has 1 heterocycles. The summed E-state index contributed by atoms with van der Waals surface area (Å²) in [5.74, 6) is 0.0612. The Bertz CT molecular complexity index is 604. The molecular formula is C18H28ClN3O4. The number of hydrogen-bond donors (Lipinski definition) is 2. The van der Waals surface area contributed by atoms with Gasteiger partial charge in [0, 0.05) is 25.8 Å². The maximum atomic E-state index is 12.8. The van der Waals surface area contributed by atoms with Gasteiger partial charge in [-0.2, -0.15) is 0 Å². The van der Waals surface area contributed by atoms with Gasteiger partial charge in [-0.05, 0) is 31.0 Å². The number of hydrogen-bond acceptors (Lipinski definition) is 5. The van der Waals surface area contributed by atoms with Gasteiger partial charge < -0.3 is 25.4 Å². The minimum atomic E-state index is -0.792. The third-order valence-electron chi connectivity index (χ3n) is 4.28. The van der Waals surface area contributed by atoms with Gasteiger partial charge in [0.25, 0.3) is 5.91 Å². The lowest BCUT2D eigenvalue weighted by atomic mass is 10.1. The van der Waals surface area contributed by atoms with E-state index in [1.807, 2.05) is 4.90 Å². The highest BCUT2D eigenvalue weighted by molar-refractivity contribution is 5.99. The fourth-order valence-corrected chi connectivity index (χ4v) is 2.88. The van der Waals surface area contributed by atoms with E-state index in [0.29, 0.717) is 17.0 Å². The molecule has 1 aliphatic rings. The molecule has 2 amide bonds. The van der Waals surface area contributed by atoms with E-state index in [9.17, 15) is 9.59 Å². The fourth-order valence-electron chi connectivity index (χ4n) is 2.88. The van der Waals surface area contributed by atoms with E-state index >= 15 is 0 Å². The van der Waals surface area contributed by atoms with E-state index in [1.54, 1.807) is 18.2 Å². The summed E-state index contributed by atoms with van der Waals surface area (Å²) in [4.78, 5) is 26.8. The van der Waals surface area contributed by atoms with Crippen LogP contribution >= 0.6 is 12.4 Å². The van der Waals surface area contributed by atoms with E-state index in [-0.39, 0.29) is 30.8 Å². The van der Waals surface area contributed by atoms with Crippen molar-refractivity contribution in [2.45, 2.75) is 31.7 Å². The number of benzene rings is 1. The number of nitrogens with two attached hydrogens (primary N) is 1. The molecule has 0 saturated carbocycles. The van der Waals surface area contributed by atoms with Crippen molar-refractivity contribution in [2.75, 3.05) is 39.2 Å². The smallest absolute Gasteiger partial charge is 0.253 e. The minimum Gasteiger partial charge on any atom is -0.495 e. The van der Waals surface area contributed by atoms with Crippen molar-refractivity contribution in [1.29, 1.82) is 0 Å². The molecule has 0 aromatic heterocycles. The van der Waals surface area contributed by atoms with Crippen LogP contribution in [0.4, 0.5) is 5.69 Å². The van der Waals surface area contributed by atoms with Crippen LogP contribution in [-0.4, -0.2) is 56.7 Å². The van der Waals surface area contributed by atoms with Crippen LogP contribution in [0.25, 0.3) is 0 Å². The number of halogens is 1. The second-order valence-electron chi connectivity index (χ2n) is 6.17. The molecule has 0 radical (unpaired) electrons. The van der Waals surface area contributed by atoms with Crippen LogP contribution in [0, 0.1) is 0 Å². The zero-order chi connectivity index (χ0) is 18.2. The van der Waals surface area contributed by atoms with E-state index in [1.165, 1.54) is 14.2 Å². The van der Waals surface area contributed by atoms with Crippen LogP contribution in [0.1, 0.15) is 36.0 Å². The highest BCUT2D eigenvalue weighted by atomic mass is 35.5. The van der Waals surface area contributed by atoms with Crippen LogP contribution in [0.5, 0.6) is 5.75 Å². The Balaban J connectivity index is 0.00000338. The second kappa shape index (κ2) is 11.0. The third-order valence-corrected chi connectivity index (χ3v) is 4.28. The van der Waals surface area contributed by atoms with Crippen molar-refractivity contribution in [3.8, 4) is 5.75 Å². The number of rotatable bonds is 6. The first-order valence-electron chi connectivity index (χ1n) is 8.59. The van der Waals surface area contributed by atoms with Gasteiger partial charge in [0.05, 0.1) is 19.4 Å². The average molecular weight is 386 g/mol. The first-order chi connectivity index (χ1) is 12.1. The standard InChI is InChI=1S/C18H27N3O4.ClH/c1-24-12-14(19)17(22)20-15-11-13(7-8-16(15)25-2)18(23)21-9-5-3-4-6-10-21;/h7-8,11,14H,3-6,9-10,12,19H2,1-2H3,(H,20,22);1H. The lowest BCUT2D eigenvalue weighted by Crippen LogP contribution is -2.39. The summed E-state index contributed by atoms with van der Waals surface area (Å²) in [6, 6.07) is 4.25. The van der Waals surface area contributed by atoms with Gasteiger partial charge in [-0.25, -0.2) is 0 Å². The maximum Gasteiger partial charge on any atom is 0.253 e. The number of carbonyl (C=O) groups is 2. The Labute approximate surface area is 160 Å². The van der Waals surface area contributed by atoms with Gasteiger partial charge in [0.1, 0.15) is 11.8 Å². The number of anilines is 1. The molecule has 7 nitrogen and oxygen atoms in total. The van der Waals surface area contributed by atoms with Gasteiger partial charge in [-0.3, -0.25) is 9.59 Å². The fraction of sp³-hybridized carbons (Fsp3) is 0.556. The van der Waals surface area contributed by atoms with Crippen molar-refractivity contribution in [2.24, 2.45) is 5.73 Å². The number of carbonyl (C=O) groups excluding carboxylic acids is 2. The van der Waals surface area contributed by atoms with Crippen molar-refractivity contribution < 1.29 is 19.1 Å². The first-order valence-corrected chi connectivity index (χ1v) is 8.59. The van der Waals surface area contributed by atoms with Gasteiger partial charge in [0.15, 0.2) is 0 Å². The Morgan fingerprint density at radius 1 is 1.19 bits per heavy atom. The largest absolute Gasteiger partial charge is 0.495 e. The Morgan fingerprint density at radius 3 is 2.42 bits per heavy atom. The van der Waals surface area contributed by atoms with Crippen molar-refractivity contribution in [3.63, 3.8) is 0 Å². The molecule has 146 valence electrons. The molecule has 1 fully saturated rings. The SMILES string of the molecule is COCC(N)C(=O)Nc1cc(C(=O)N2CCCCCC2)ccc1OC.Cl. The van der Waals surface area contributed by atoms with Gasteiger partial charge in [-0.1, -0.05) is 12.8 Å². The van der Waals surface area contributed by atoms with Crippen LogP contribution in [-0.2, 0) is 9.53 Å². The topological polar surface area (TPSA) is 93.9 Å². The normalized spacial score (nSPS) is 15.4. The van der Waals surface area contributed by atoms with Crippen LogP contribution in [0.15, 0.2) is 18.2 Å². The molecule has 8 heteroatoms. The van der Waals surface area contributed by atoms with Gasteiger partial charge in [0.2, 0.25) is 5.91 Å². The molecule has 3 N–H and O–H groups in total. The predicted octanol–water partition coefficient (Wildman–Crippen LogP) is 2.05. The zero-order valence-electron chi connectivity index (χ0n) is 15.3. The lowest BCUT2D eigenvalue weighted by molar-refractivity contribution is -0.118. The Hall–Kier alpha value is -1.83. The highest BCUT2D eigenvalue weighted by Crippen LogP contribution is 2.26. The number of amides is 2. The van der Waals surface area contributed by atoms with Crippen molar-refractivity contribution >= 4 is 29.9 Å². The third kappa shape index (κ3) is 5.86. The lowest BCUT2D eigenvalue weighted by Gasteiger charge is -2.21. The second-order valence-corrected chi connectivity index (χ2v) is 6.17. The van der Waals surface area contributed by atoms with Gasteiger partial charge >= 0.3 is 0 Å².